The fourth-order valence-corrected chi connectivity index (χ4v) is 10.1. The molecule has 0 bridgehead atoms. The molecule has 3 fully saturated rings. The third kappa shape index (κ3) is 6.90. The van der Waals surface area contributed by atoms with Crippen LogP contribution in [0.5, 0.6) is 0 Å². The molecule has 7 nitrogen and oxygen atoms in total. The summed E-state index contributed by atoms with van der Waals surface area (Å²) >= 11 is 11.9. The predicted octanol–water partition coefficient (Wildman–Crippen LogP) is 7.16. The maximum Gasteiger partial charge on any atom is 0.306 e. The van der Waals surface area contributed by atoms with Crippen LogP contribution < -0.4 is 10.2 Å². The first kappa shape index (κ1) is 35.9. The molecule has 5 rings (SSSR count). The number of nitrogens with one attached hydrogen (secondary N) is 1. The number of ketones is 2. The Balaban J connectivity index is 1.15. The molecule has 1 aromatic carbocycles. The van der Waals surface area contributed by atoms with Gasteiger partial charge >= 0.3 is 5.97 Å². The Morgan fingerprint density at radius 1 is 0.979 bits per heavy atom. The lowest BCUT2D eigenvalue weighted by atomic mass is 9.50. The van der Waals surface area contributed by atoms with Gasteiger partial charge in [-0.3, -0.25) is 19.2 Å². The van der Waals surface area contributed by atoms with Crippen molar-refractivity contribution in [3.63, 3.8) is 0 Å². The number of fused-ring (bicyclic) bond motifs is 5. The van der Waals surface area contributed by atoms with Gasteiger partial charge in [0.15, 0.2) is 17.2 Å². The number of benzene rings is 1. The maximum atomic E-state index is 13.4. The summed E-state index contributed by atoms with van der Waals surface area (Å²) in [5.74, 6) is 2.58. The lowest BCUT2D eigenvalue weighted by molar-refractivity contribution is -0.187. The number of carbonyl (C=O) groups is 4. The molecule has 47 heavy (non-hydrogen) atoms. The SMILES string of the molecule is CC(=O)[C@@]1(OC(=O)CCCNC(=O)C(C)(C)c2ccc(N(CCCl)CCCl)cc2)CC[C@H]2[C@@H]3CCC4=CC(=O)CC[C@@H]4[C@H]3CC[C@@]21C. The second-order valence-electron chi connectivity index (χ2n) is 15.1. The van der Waals surface area contributed by atoms with Crippen LogP contribution >= 0.6 is 23.2 Å². The monoisotopic (exact) mass is 686 g/mol. The number of alkyl halides is 2. The first-order valence-electron chi connectivity index (χ1n) is 17.6. The van der Waals surface area contributed by atoms with Crippen molar-refractivity contribution in [3.05, 3.63) is 41.5 Å². The number of carbonyl (C=O) groups excluding carboxylic acids is 4. The van der Waals surface area contributed by atoms with Gasteiger partial charge < -0.3 is 15.0 Å². The molecule has 4 aliphatic carbocycles. The molecule has 0 saturated heterocycles. The molecular weight excluding hydrogens is 635 g/mol. The summed E-state index contributed by atoms with van der Waals surface area (Å²) in [5, 5.41) is 3.01. The summed E-state index contributed by atoms with van der Waals surface area (Å²) in [7, 11) is 0. The number of ether oxygens (including phenoxy) is 1. The molecule has 0 aliphatic heterocycles. The molecule has 3 saturated carbocycles. The topological polar surface area (TPSA) is 92.8 Å². The number of anilines is 1. The zero-order valence-corrected chi connectivity index (χ0v) is 30.1. The van der Waals surface area contributed by atoms with Crippen molar-refractivity contribution in [2.75, 3.05) is 36.3 Å². The van der Waals surface area contributed by atoms with Crippen LogP contribution in [0.4, 0.5) is 5.69 Å². The van der Waals surface area contributed by atoms with Crippen LogP contribution in [-0.4, -0.2) is 60.4 Å². The number of nitrogens with zero attached hydrogens (tertiary/aromatic N) is 1. The summed E-state index contributed by atoms with van der Waals surface area (Å²) in [5.41, 5.74) is 0.986. The summed E-state index contributed by atoms with van der Waals surface area (Å²) in [6.45, 7) is 9.28. The number of esters is 1. The molecule has 1 aromatic rings. The van der Waals surface area contributed by atoms with E-state index in [1.165, 1.54) is 5.57 Å². The Labute approximate surface area is 290 Å². The van der Waals surface area contributed by atoms with E-state index in [0.29, 0.717) is 74.3 Å². The van der Waals surface area contributed by atoms with Crippen LogP contribution in [0.1, 0.15) is 97.5 Å². The van der Waals surface area contributed by atoms with Gasteiger partial charge in [0.25, 0.3) is 0 Å². The minimum atomic E-state index is -1.10. The van der Waals surface area contributed by atoms with Gasteiger partial charge in [0, 0.05) is 55.3 Å². The van der Waals surface area contributed by atoms with Gasteiger partial charge in [-0.25, -0.2) is 0 Å². The standard InChI is InChI=1S/C38H52Cl2N2O5/c1-25(43)38(18-16-33-32-13-7-26-24-29(44)12-14-30(26)31(32)15-17-37(33,38)4)47-34(45)6-5-21-41-35(46)36(2,3)27-8-10-28(11-9-27)42(22-19-39)23-20-40/h8-11,24,30-33H,5-7,12-23H2,1-4H3,(H,41,46)/t30-,31+,32+,33-,37-,38-/m0/s1. The lowest BCUT2D eigenvalue weighted by Gasteiger charge is -2.55. The number of hydrogen-bond donors (Lipinski definition) is 1. The minimum Gasteiger partial charge on any atom is -0.450 e. The van der Waals surface area contributed by atoms with E-state index in [1.54, 1.807) is 6.92 Å². The first-order chi connectivity index (χ1) is 22.4. The smallest absolute Gasteiger partial charge is 0.306 e. The second kappa shape index (κ2) is 14.6. The van der Waals surface area contributed by atoms with Crippen molar-refractivity contribution < 1.29 is 23.9 Å². The number of Topliss-reactive ketones (excluding diaryl/α,β-unsaturated/α-hetero) is 1. The van der Waals surface area contributed by atoms with E-state index in [0.717, 1.165) is 49.8 Å². The van der Waals surface area contributed by atoms with Crippen molar-refractivity contribution in [3.8, 4) is 0 Å². The van der Waals surface area contributed by atoms with E-state index in [2.05, 4.69) is 17.1 Å². The number of halogens is 2. The van der Waals surface area contributed by atoms with Crippen LogP contribution in [0.3, 0.4) is 0 Å². The lowest BCUT2D eigenvalue weighted by Crippen LogP contribution is -2.57. The Bertz CT molecular complexity index is 1370. The van der Waals surface area contributed by atoms with Crippen molar-refractivity contribution in [2.24, 2.45) is 29.1 Å². The highest BCUT2D eigenvalue weighted by molar-refractivity contribution is 6.18. The summed E-state index contributed by atoms with van der Waals surface area (Å²) in [6.07, 6.45) is 9.40. The second-order valence-corrected chi connectivity index (χ2v) is 15.8. The molecule has 0 unspecified atom stereocenters. The Morgan fingerprint density at radius 2 is 1.68 bits per heavy atom. The first-order valence-corrected chi connectivity index (χ1v) is 18.7. The van der Waals surface area contributed by atoms with Crippen molar-refractivity contribution in [2.45, 2.75) is 103 Å². The van der Waals surface area contributed by atoms with Gasteiger partial charge in [-0.1, -0.05) is 24.6 Å². The van der Waals surface area contributed by atoms with Gasteiger partial charge in [-0.2, -0.15) is 0 Å². The normalized spacial score (nSPS) is 30.0. The molecule has 0 heterocycles. The molecule has 6 atom stereocenters. The Morgan fingerprint density at radius 3 is 2.34 bits per heavy atom. The molecule has 1 N–H and O–H groups in total. The molecule has 0 aromatic heterocycles. The van der Waals surface area contributed by atoms with Crippen molar-refractivity contribution in [1.29, 1.82) is 0 Å². The van der Waals surface area contributed by atoms with Crippen LogP contribution in [0.2, 0.25) is 0 Å². The summed E-state index contributed by atoms with van der Waals surface area (Å²) in [4.78, 5) is 54.1. The molecular formula is C38H52Cl2N2O5. The summed E-state index contributed by atoms with van der Waals surface area (Å²) < 4.78 is 6.26. The van der Waals surface area contributed by atoms with E-state index in [9.17, 15) is 19.2 Å². The number of hydrogen-bond acceptors (Lipinski definition) is 6. The third-order valence-electron chi connectivity index (χ3n) is 12.4. The molecule has 1 amide bonds. The predicted molar refractivity (Wildman–Crippen MR) is 187 cm³/mol. The van der Waals surface area contributed by atoms with Crippen LogP contribution in [0, 0.1) is 29.1 Å². The van der Waals surface area contributed by atoms with Crippen molar-refractivity contribution in [1.82, 2.24) is 5.32 Å². The van der Waals surface area contributed by atoms with E-state index >= 15 is 0 Å². The highest BCUT2D eigenvalue weighted by Gasteiger charge is 2.66. The summed E-state index contributed by atoms with van der Waals surface area (Å²) in [6, 6.07) is 7.91. The quantitative estimate of drug-likeness (QED) is 0.135. The fraction of sp³-hybridized carbons (Fsp3) is 0.684. The Kier molecular flexibility index (Phi) is 11.2. The van der Waals surface area contributed by atoms with E-state index in [1.807, 2.05) is 44.2 Å². The average molecular weight is 688 g/mol. The van der Waals surface area contributed by atoms with E-state index in [4.69, 9.17) is 27.9 Å². The average Bonchev–Trinajstić information content (AvgIpc) is 3.35. The molecule has 0 spiro atoms. The largest absolute Gasteiger partial charge is 0.450 e. The zero-order valence-electron chi connectivity index (χ0n) is 28.5. The maximum absolute atomic E-state index is 13.4. The van der Waals surface area contributed by atoms with Gasteiger partial charge in [-0.15, -0.1) is 23.2 Å². The zero-order chi connectivity index (χ0) is 34.0. The molecule has 0 radical (unpaired) electrons. The number of amides is 1. The molecule has 258 valence electrons. The molecule has 9 heteroatoms. The third-order valence-corrected chi connectivity index (χ3v) is 12.7. The van der Waals surface area contributed by atoms with Gasteiger partial charge in [0.1, 0.15) is 0 Å². The van der Waals surface area contributed by atoms with Gasteiger partial charge in [0.05, 0.1) is 5.41 Å². The van der Waals surface area contributed by atoms with Crippen molar-refractivity contribution >= 4 is 52.3 Å². The van der Waals surface area contributed by atoms with Gasteiger partial charge in [-0.05, 0) is 120 Å². The van der Waals surface area contributed by atoms with Crippen LogP contribution in [0.15, 0.2) is 35.9 Å². The Hall–Kier alpha value is -2.38. The molecule has 4 aliphatic rings. The number of allylic oxidation sites excluding steroid dienone is 1. The van der Waals surface area contributed by atoms with Crippen LogP contribution in [-0.2, 0) is 29.3 Å². The highest BCUT2D eigenvalue weighted by Crippen LogP contribution is 2.66. The highest BCUT2D eigenvalue weighted by atomic mass is 35.5. The van der Waals surface area contributed by atoms with E-state index < -0.39 is 11.0 Å². The fourth-order valence-electron chi connectivity index (χ4n) is 9.69. The number of rotatable bonds is 13. The van der Waals surface area contributed by atoms with Crippen LogP contribution in [0.25, 0.3) is 0 Å². The van der Waals surface area contributed by atoms with Gasteiger partial charge in [0.2, 0.25) is 5.91 Å². The van der Waals surface area contributed by atoms with E-state index in [-0.39, 0.29) is 35.3 Å². The minimum absolute atomic E-state index is 0.0523.